The first-order chi connectivity index (χ1) is 15.1. The van der Waals surface area contributed by atoms with Gasteiger partial charge in [0.1, 0.15) is 6.29 Å². The number of nitrogens with zero attached hydrogens (tertiary/aromatic N) is 2. The maximum absolute atomic E-state index is 11.3. The van der Waals surface area contributed by atoms with Gasteiger partial charge in [0.25, 0.3) is 0 Å². The number of unbranched alkanes of at least 4 members (excludes halogenated alkanes) is 1. The minimum Gasteiger partial charge on any atom is -0.465 e. The average molecular weight is 413 g/mol. The molecule has 0 radical (unpaired) electrons. The number of aromatic nitrogens is 2. The fourth-order valence-electron chi connectivity index (χ4n) is 3.78. The number of nitrogens with one attached hydrogen (secondary N) is 1. The molecule has 156 valence electrons. The van der Waals surface area contributed by atoms with Crippen LogP contribution in [-0.4, -0.2) is 27.0 Å². The maximum atomic E-state index is 11.3. The lowest BCUT2D eigenvalue weighted by Crippen LogP contribution is -2.08. The normalized spacial score (nSPS) is 10.8. The lowest BCUT2D eigenvalue weighted by molar-refractivity contribution is 0.112. The second-order valence-corrected chi connectivity index (χ2v) is 7.44. The number of aldehydes is 1. The number of fused-ring (bicyclic) bond motifs is 1. The third-order valence-electron chi connectivity index (χ3n) is 5.31. The van der Waals surface area contributed by atoms with Crippen LogP contribution >= 0.6 is 0 Å². The van der Waals surface area contributed by atoms with Gasteiger partial charge in [-0.3, -0.25) is 10.1 Å². The van der Waals surface area contributed by atoms with Crippen molar-refractivity contribution in [1.82, 2.24) is 9.55 Å². The van der Waals surface area contributed by atoms with Crippen molar-refractivity contribution in [3.8, 4) is 11.1 Å². The zero-order chi connectivity index (χ0) is 21.6. The van der Waals surface area contributed by atoms with Gasteiger partial charge in [0.05, 0.1) is 23.0 Å². The van der Waals surface area contributed by atoms with Crippen molar-refractivity contribution < 1.29 is 14.7 Å². The number of imidazole rings is 1. The molecule has 4 rings (SSSR count). The zero-order valence-corrected chi connectivity index (χ0v) is 17.0. The summed E-state index contributed by atoms with van der Waals surface area (Å²) in [5.74, 6) is 0. The Balaban J connectivity index is 1.41. The Bertz CT molecular complexity index is 1220. The van der Waals surface area contributed by atoms with Crippen LogP contribution in [0.3, 0.4) is 0 Å². The fraction of sp³-hybridized carbons (Fsp3) is 0.160. The van der Waals surface area contributed by atoms with Gasteiger partial charge in [0.2, 0.25) is 0 Å². The summed E-state index contributed by atoms with van der Waals surface area (Å²) in [5.41, 5.74) is 6.00. The first kappa shape index (κ1) is 20.3. The summed E-state index contributed by atoms with van der Waals surface area (Å²) in [6, 6.07) is 21.2. The molecule has 3 aromatic carbocycles. The molecule has 0 unspecified atom stereocenters. The number of carbonyl (C=O) groups excluding carboxylic acids is 1. The van der Waals surface area contributed by atoms with Gasteiger partial charge in [-0.15, -0.1) is 0 Å². The van der Waals surface area contributed by atoms with Crippen molar-refractivity contribution >= 4 is 29.1 Å². The number of amides is 1. The number of anilines is 1. The summed E-state index contributed by atoms with van der Waals surface area (Å²) in [6.07, 6.45) is 4.34. The van der Waals surface area contributed by atoms with E-state index >= 15 is 0 Å². The molecule has 0 bridgehead atoms. The second kappa shape index (κ2) is 9.26. The molecular weight excluding hydrogens is 390 g/mol. The Morgan fingerprint density at radius 3 is 2.65 bits per heavy atom. The molecule has 31 heavy (non-hydrogen) atoms. The van der Waals surface area contributed by atoms with E-state index in [1.165, 1.54) is 0 Å². The van der Waals surface area contributed by atoms with Crippen molar-refractivity contribution in [2.75, 3.05) is 5.32 Å². The van der Waals surface area contributed by atoms with Crippen LogP contribution in [0.5, 0.6) is 0 Å². The summed E-state index contributed by atoms with van der Waals surface area (Å²) >= 11 is 0. The molecule has 0 aliphatic rings. The Morgan fingerprint density at radius 1 is 1.03 bits per heavy atom. The van der Waals surface area contributed by atoms with E-state index in [1.54, 1.807) is 12.1 Å². The molecule has 0 aliphatic heterocycles. The predicted octanol–water partition coefficient (Wildman–Crippen LogP) is 5.63. The summed E-state index contributed by atoms with van der Waals surface area (Å²) in [5, 5.41) is 11.8. The fourth-order valence-corrected chi connectivity index (χ4v) is 3.78. The summed E-state index contributed by atoms with van der Waals surface area (Å²) < 4.78 is 2.10. The van der Waals surface area contributed by atoms with Crippen LogP contribution in [0.4, 0.5) is 10.5 Å². The molecule has 6 nitrogen and oxygen atoms in total. The van der Waals surface area contributed by atoms with Gasteiger partial charge in [-0.05, 0) is 54.7 Å². The Morgan fingerprint density at radius 2 is 1.87 bits per heavy atom. The molecule has 0 atom stereocenters. The van der Waals surface area contributed by atoms with E-state index < -0.39 is 6.09 Å². The Labute approximate surface area is 180 Å². The third kappa shape index (κ3) is 4.80. The van der Waals surface area contributed by atoms with Crippen LogP contribution in [0.25, 0.3) is 22.2 Å². The highest BCUT2D eigenvalue weighted by molar-refractivity contribution is 5.90. The van der Waals surface area contributed by atoms with Crippen LogP contribution in [0, 0.1) is 0 Å². The predicted molar refractivity (Wildman–Crippen MR) is 122 cm³/mol. The molecule has 1 aromatic heterocycles. The molecule has 0 saturated heterocycles. The molecule has 6 heteroatoms. The van der Waals surface area contributed by atoms with Gasteiger partial charge in [0, 0.05) is 17.7 Å². The minimum atomic E-state index is -1.07. The summed E-state index contributed by atoms with van der Waals surface area (Å²) in [7, 11) is 0. The first-order valence-corrected chi connectivity index (χ1v) is 10.2. The number of aryl methyl sites for hydroxylation is 2. The van der Waals surface area contributed by atoms with Crippen molar-refractivity contribution in [2.24, 2.45) is 0 Å². The third-order valence-corrected chi connectivity index (χ3v) is 5.31. The number of hydrogen-bond donors (Lipinski definition) is 2. The number of carboxylic acid groups (broad SMARTS) is 1. The quantitative estimate of drug-likeness (QED) is 0.290. The molecule has 0 fully saturated rings. The zero-order valence-electron chi connectivity index (χ0n) is 17.0. The number of rotatable bonds is 8. The van der Waals surface area contributed by atoms with Crippen LogP contribution in [0.15, 0.2) is 73.1 Å². The van der Waals surface area contributed by atoms with E-state index in [0.717, 1.165) is 59.8 Å². The largest absolute Gasteiger partial charge is 0.465 e. The topological polar surface area (TPSA) is 84.2 Å². The van der Waals surface area contributed by atoms with Gasteiger partial charge in [-0.2, -0.15) is 0 Å². The van der Waals surface area contributed by atoms with E-state index in [0.29, 0.717) is 11.3 Å². The van der Waals surface area contributed by atoms with Crippen LogP contribution in [-0.2, 0) is 13.0 Å². The van der Waals surface area contributed by atoms with E-state index in [4.69, 9.17) is 0 Å². The summed E-state index contributed by atoms with van der Waals surface area (Å²) in [6.45, 7) is 0.833. The van der Waals surface area contributed by atoms with E-state index in [2.05, 4.69) is 20.9 Å². The minimum absolute atomic E-state index is 0.600. The molecule has 1 heterocycles. The Hall–Kier alpha value is -3.93. The number of carbonyl (C=O) groups is 2. The number of benzene rings is 3. The molecule has 1 amide bonds. The smallest absolute Gasteiger partial charge is 0.409 e. The van der Waals surface area contributed by atoms with Crippen molar-refractivity contribution in [3.63, 3.8) is 0 Å². The first-order valence-electron chi connectivity index (χ1n) is 10.2. The highest BCUT2D eigenvalue weighted by Crippen LogP contribution is 2.29. The molecule has 0 saturated carbocycles. The molecule has 0 spiro atoms. The van der Waals surface area contributed by atoms with E-state index in [-0.39, 0.29) is 0 Å². The van der Waals surface area contributed by atoms with Crippen molar-refractivity contribution in [2.45, 2.75) is 25.8 Å². The van der Waals surface area contributed by atoms with Crippen molar-refractivity contribution in [1.29, 1.82) is 0 Å². The lowest BCUT2D eigenvalue weighted by Gasteiger charge is -2.12. The molecule has 4 aromatic rings. The van der Waals surface area contributed by atoms with Crippen LogP contribution in [0.2, 0.25) is 0 Å². The van der Waals surface area contributed by atoms with Crippen LogP contribution in [0.1, 0.15) is 28.8 Å². The average Bonchev–Trinajstić information content (AvgIpc) is 3.19. The standard InChI is InChI=1S/C25H23N3O3/c29-16-19-10-12-24-23(15-19)26-17-28(24)13-5-4-6-18-9-11-21(20-7-2-1-3-8-20)22(14-18)27-25(30)31/h1-3,7-12,14-17,27H,4-6,13H2,(H,30,31). The maximum Gasteiger partial charge on any atom is 0.409 e. The number of hydrogen-bond acceptors (Lipinski definition) is 3. The SMILES string of the molecule is O=Cc1ccc2c(c1)ncn2CCCCc1ccc(-c2ccccc2)c(NC(=O)O)c1. The Kier molecular flexibility index (Phi) is 6.08. The summed E-state index contributed by atoms with van der Waals surface area (Å²) in [4.78, 5) is 26.6. The molecular formula is C25H23N3O3. The van der Waals surface area contributed by atoms with E-state index in [1.807, 2.05) is 54.9 Å². The monoisotopic (exact) mass is 413 g/mol. The van der Waals surface area contributed by atoms with Crippen molar-refractivity contribution in [3.05, 3.63) is 84.2 Å². The van der Waals surface area contributed by atoms with Crippen LogP contribution < -0.4 is 5.32 Å². The van der Waals surface area contributed by atoms with Gasteiger partial charge in [-0.25, -0.2) is 9.78 Å². The van der Waals surface area contributed by atoms with Gasteiger partial charge >= 0.3 is 6.09 Å². The van der Waals surface area contributed by atoms with Gasteiger partial charge < -0.3 is 9.67 Å². The highest BCUT2D eigenvalue weighted by atomic mass is 16.4. The molecule has 0 aliphatic carbocycles. The highest BCUT2D eigenvalue weighted by Gasteiger charge is 2.09. The van der Waals surface area contributed by atoms with Gasteiger partial charge in [0.15, 0.2) is 0 Å². The van der Waals surface area contributed by atoms with Gasteiger partial charge in [-0.1, -0.05) is 42.5 Å². The van der Waals surface area contributed by atoms with E-state index in [9.17, 15) is 14.7 Å². The second-order valence-electron chi connectivity index (χ2n) is 7.44. The molecule has 2 N–H and O–H groups in total. The lowest BCUT2D eigenvalue weighted by atomic mass is 9.99.